The minimum atomic E-state index is -3.62. The van der Waals surface area contributed by atoms with Gasteiger partial charge >= 0.3 is 6.01 Å². The molecule has 0 atom stereocenters. The number of halogens is 1. The molecule has 4 rings (SSSR count). The van der Waals surface area contributed by atoms with Crippen molar-refractivity contribution in [3.05, 3.63) is 45.7 Å². The number of anilines is 1. The van der Waals surface area contributed by atoms with E-state index in [1.54, 1.807) is 4.31 Å². The quantitative estimate of drug-likeness (QED) is 0.445. The molecule has 1 aliphatic rings. The van der Waals surface area contributed by atoms with Crippen LogP contribution in [0.2, 0.25) is 0 Å². The van der Waals surface area contributed by atoms with Gasteiger partial charge in [0.25, 0.3) is 11.8 Å². The van der Waals surface area contributed by atoms with Crippen molar-refractivity contribution in [3.8, 4) is 10.8 Å². The molecule has 0 spiro atoms. The molecule has 1 fully saturated rings. The number of aromatic nitrogens is 2. The summed E-state index contributed by atoms with van der Waals surface area (Å²) in [6.07, 6.45) is 5.04. The molecule has 32 heavy (non-hydrogen) atoms. The lowest BCUT2D eigenvalue weighted by molar-refractivity contribution is 0.102. The fourth-order valence-electron chi connectivity index (χ4n) is 3.88. The van der Waals surface area contributed by atoms with E-state index in [1.807, 2.05) is 19.1 Å². The van der Waals surface area contributed by atoms with Gasteiger partial charge in [-0.2, -0.15) is 4.31 Å². The second kappa shape index (κ2) is 9.82. The van der Waals surface area contributed by atoms with Gasteiger partial charge < -0.3 is 4.42 Å². The highest BCUT2D eigenvalue weighted by atomic mass is 79.9. The number of carbonyl (C=O) groups excluding carboxylic acids is 1. The average Bonchev–Trinajstić information content (AvgIpc) is 3.44. The smallest absolute Gasteiger partial charge is 0.322 e. The van der Waals surface area contributed by atoms with E-state index in [0.29, 0.717) is 18.0 Å². The lowest BCUT2D eigenvalue weighted by Gasteiger charge is -2.32. The summed E-state index contributed by atoms with van der Waals surface area (Å²) in [5.74, 6) is -0.157. The summed E-state index contributed by atoms with van der Waals surface area (Å²) in [5.41, 5.74) is 0.295. The standard InChI is InChI=1S/C21H23BrN4O4S2/c1-2-26(15-6-4-3-5-7-15)32(28,29)16-10-8-14(9-11-16)19(27)23-21-25-24-20(30-21)17-12-13-18(22)31-17/h8-13,15H,2-7H2,1H3,(H,23,25,27). The summed E-state index contributed by atoms with van der Waals surface area (Å²) in [4.78, 5) is 13.5. The molecular formula is C21H23BrN4O4S2. The Morgan fingerprint density at radius 3 is 2.50 bits per heavy atom. The van der Waals surface area contributed by atoms with Crippen LogP contribution >= 0.6 is 27.3 Å². The van der Waals surface area contributed by atoms with Crippen LogP contribution in [0.25, 0.3) is 10.8 Å². The molecule has 3 aromatic rings. The molecule has 0 aliphatic heterocycles. The van der Waals surface area contributed by atoms with Crippen LogP contribution in [0.4, 0.5) is 6.01 Å². The van der Waals surface area contributed by atoms with Crippen LogP contribution in [0, 0.1) is 0 Å². The minimum absolute atomic E-state index is 0.0272. The zero-order chi connectivity index (χ0) is 22.7. The van der Waals surface area contributed by atoms with Crippen LogP contribution < -0.4 is 5.32 Å². The topological polar surface area (TPSA) is 105 Å². The van der Waals surface area contributed by atoms with E-state index in [1.165, 1.54) is 35.6 Å². The third-order valence-corrected chi connectivity index (χ3v) is 9.10. The van der Waals surface area contributed by atoms with Gasteiger partial charge in [0.2, 0.25) is 10.0 Å². The van der Waals surface area contributed by atoms with Gasteiger partial charge in [-0.3, -0.25) is 10.1 Å². The zero-order valence-corrected chi connectivity index (χ0v) is 20.7. The molecule has 1 aliphatic carbocycles. The number of rotatable bonds is 7. The maximum absolute atomic E-state index is 13.2. The number of amides is 1. The zero-order valence-electron chi connectivity index (χ0n) is 17.5. The largest absolute Gasteiger partial charge is 0.402 e. The highest BCUT2D eigenvalue weighted by molar-refractivity contribution is 9.11. The van der Waals surface area contributed by atoms with E-state index in [0.717, 1.165) is 40.8 Å². The number of benzene rings is 1. The number of hydrogen-bond donors (Lipinski definition) is 1. The molecule has 1 saturated carbocycles. The Morgan fingerprint density at radius 2 is 1.88 bits per heavy atom. The molecule has 1 amide bonds. The first-order valence-corrected chi connectivity index (χ1v) is 13.5. The van der Waals surface area contributed by atoms with E-state index in [2.05, 4.69) is 31.4 Å². The Balaban J connectivity index is 1.46. The summed E-state index contributed by atoms with van der Waals surface area (Å²) in [6.45, 7) is 2.29. The second-order valence-corrected chi connectivity index (χ2v) is 11.8. The monoisotopic (exact) mass is 538 g/mol. The van der Waals surface area contributed by atoms with Gasteiger partial charge in [-0.1, -0.05) is 31.3 Å². The van der Waals surface area contributed by atoms with Crippen LogP contribution in [-0.2, 0) is 10.0 Å². The number of nitrogens with one attached hydrogen (secondary N) is 1. The van der Waals surface area contributed by atoms with E-state index in [9.17, 15) is 13.2 Å². The average molecular weight is 539 g/mol. The molecule has 1 N–H and O–H groups in total. The van der Waals surface area contributed by atoms with Gasteiger partial charge in [-0.05, 0) is 65.2 Å². The van der Waals surface area contributed by atoms with E-state index < -0.39 is 15.9 Å². The molecule has 1 aromatic carbocycles. The third kappa shape index (κ3) is 4.95. The molecule has 0 bridgehead atoms. The molecular weight excluding hydrogens is 516 g/mol. The number of thiophene rings is 1. The lowest BCUT2D eigenvalue weighted by Crippen LogP contribution is -2.41. The van der Waals surface area contributed by atoms with E-state index >= 15 is 0 Å². The van der Waals surface area contributed by atoms with Crippen molar-refractivity contribution in [1.82, 2.24) is 14.5 Å². The molecule has 8 nitrogen and oxygen atoms in total. The number of nitrogens with zero attached hydrogens (tertiary/aromatic N) is 3. The molecule has 170 valence electrons. The molecule has 0 saturated heterocycles. The van der Waals surface area contributed by atoms with Crippen molar-refractivity contribution in [2.45, 2.75) is 50.0 Å². The number of hydrogen-bond acceptors (Lipinski definition) is 7. The predicted octanol–water partition coefficient (Wildman–Crippen LogP) is 5.16. The Labute approximate surface area is 199 Å². The second-order valence-electron chi connectivity index (χ2n) is 7.49. The van der Waals surface area contributed by atoms with Crippen molar-refractivity contribution in [2.75, 3.05) is 11.9 Å². The Morgan fingerprint density at radius 1 is 1.16 bits per heavy atom. The lowest BCUT2D eigenvalue weighted by atomic mass is 9.95. The van der Waals surface area contributed by atoms with Crippen LogP contribution in [0.15, 0.2) is 49.5 Å². The first-order valence-electron chi connectivity index (χ1n) is 10.4. The Bertz CT molecular complexity index is 1180. The molecule has 2 heterocycles. The summed E-state index contributed by atoms with van der Waals surface area (Å²) in [6, 6.07) is 9.63. The number of carbonyl (C=O) groups is 1. The first-order chi connectivity index (χ1) is 15.4. The van der Waals surface area contributed by atoms with Crippen molar-refractivity contribution >= 4 is 49.2 Å². The summed E-state index contributed by atoms with van der Waals surface area (Å²) in [7, 11) is -3.62. The highest BCUT2D eigenvalue weighted by Crippen LogP contribution is 2.31. The van der Waals surface area contributed by atoms with Crippen molar-refractivity contribution in [3.63, 3.8) is 0 Å². The van der Waals surface area contributed by atoms with Crippen LogP contribution in [0.1, 0.15) is 49.4 Å². The fourth-order valence-corrected chi connectivity index (χ4v) is 6.88. The summed E-state index contributed by atoms with van der Waals surface area (Å²) in [5, 5.41) is 10.3. The third-order valence-electron chi connectivity index (χ3n) is 5.45. The van der Waals surface area contributed by atoms with Gasteiger partial charge in [-0.15, -0.1) is 16.4 Å². The van der Waals surface area contributed by atoms with Gasteiger partial charge in [-0.25, -0.2) is 8.42 Å². The highest BCUT2D eigenvalue weighted by Gasteiger charge is 2.31. The molecule has 0 unspecified atom stereocenters. The van der Waals surface area contributed by atoms with Crippen molar-refractivity contribution in [1.29, 1.82) is 0 Å². The fraction of sp³-hybridized carbons (Fsp3) is 0.381. The van der Waals surface area contributed by atoms with E-state index in [4.69, 9.17) is 4.42 Å². The minimum Gasteiger partial charge on any atom is -0.402 e. The van der Waals surface area contributed by atoms with Crippen LogP contribution in [-0.4, -0.2) is 41.4 Å². The van der Waals surface area contributed by atoms with Crippen molar-refractivity contribution in [2.24, 2.45) is 0 Å². The molecule has 0 radical (unpaired) electrons. The predicted molar refractivity (Wildman–Crippen MR) is 126 cm³/mol. The van der Waals surface area contributed by atoms with Gasteiger partial charge in [0.15, 0.2) is 0 Å². The van der Waals surface area contributed by atoms with Crippen molar-refractivity contribution < 1.29 is 17.6 Å². The van der Waals surface area contributed by atoms with Gasteiger partial charge in [0.1, 0.15) is 0 Å². The van der Waals surface area contributed by atoms with Crippen LogP contribution in [0.3, 0.4) is 0 Å². The van der Waals surface area contributed by atoms with Gasteiger partial charge in [0.05, 0.1) is 13.6 Å². The van der Waals surface area contributed by atoms with E-state index in [-0.39, 0.29) is 17.0 Å². The number of sulfonamides is 1. The van der Waals surface area contributed by atoms with Gasteiger partial charge in [0, 0.05) is 18.2 Å². The summed E-state index contributed by atoms with van der Waals surface area (Å²) < 4.78 is 34.3. The Hall–Kier alpha value is -2.08. The Kier molecular flexibility index (Phi) is 7.08. The SMILES string of the molecule is CCN(C1CCCCC1)S(=O)(=O)c1ccc(C(=O)Nc2nnc(-c3ccc(Br)s3)o2)cc1. The summed E-state index contributed by atoms with van der Waals surface area (Å²) >= 11 is 4.81. The normalized spacial score (nSPS) is 15.2. The molecule has 2 aromatic heterocycles. The maximum Gasteiger partial charge on any atom is 0.322 e. The maximum atomic E-state index is 13.2. The van der Waals surface area contributed by atoms with Crippen LogP contribution in [0.5, 0.6) is 0 Å². The first kappa shape index (κ1) is 23.1. The molecule has 11 heteroatoms.